The number of thiazole rings is 1. The van der Waals surface area contributed by atoms with Gasteiger partial charge in [-0.05, 0) is 37.6 Å². The maximum Gasteiger partial charge on any atom is 0.262 e. The van der Waals surface area contributed by atoms with Crippen molar-refractivity contribution in [1.82, 2.24) is 19.4 Å². The molecule has 0 radical (unpaired) electrons. The maximum absolute atomic E-state index is 12.9. The molecule has 0 spiro atoms. The fourth-order valence-corrected chi connectivity index (χ4v) is 4.92. The lowest BCUT2D eigenvalue weighted by Crippen LogP contribution is -2.41. The minimum atomic E-state index is -0.154. The normalized spacial score (nSPS) is 18.0. The van der Waals surface area contributed by atoms with Crippen LogP contribution in [0.25, 0.3) is 10.2 Å². The molecule has 0 aromatic carbocycles. The minimum absolute atomic E-state index is 0.0217. The Hall–Kier alpha value is -2.06. The largest absolute Gasteiger partial charge is 0.332 e. The van der Waals surface area contributed by atoms with Crippen molar-refractivity contribution in [2.75, 3.05) is 6.54 Å². The third kappa shape index (κ3) is 3.11. The third-order valence-corrected chi connectivity index (χ3v) is 6.39. The van der Waals surface area contributed by atoms with Crippen molar-refractivity contribution in [3.8, 4) is 0 Å². The molecule has 0 N–H and O–H groups in total. The molecule has 1 aliphatic heterocycles. The average molecular weight is 374 g/mol. The van der Waals surface area contributed by atoms with E-state index >= 15 is 0 Å². The number of rotatable bonds is 3. The van der Waals surface area contributed by atoms with Gasteiger partial charge in [-0.15, -0.1) is 22.7 Å². The Kier molecular flexibility index (Phi) is 4.39. The van der Waals surface area contributed by atoms with Crippen LogP contribution in [-0.4, -0.2) is 31.9 Å². The van der Waals surface area contributed by atoms with E-state index in [0.717, 1.165) is 30.0 Å². The molecule has 0 bridgehead atoms. The van der Waals surface area contributed by atoms with Crippen LogP contribution in [0.2, 0.25) is 0 Å². The Balaban J connectivity index is 1.59. The molecule has 3 aromatic rings. The van der Waals surface area contributed by atoms with Gasteiger partial charge >= 0.3 is 0 Å². The van der Waals surface area contributed by atoms with Crippen molar-refractivity contribution in [2.45, 2.75) is 38.8 Å². The van der Waals surface area contributed by atoms with Crippen LogP contribution in [0.1, 0.15) is 36.0 Å². The molecule has 4 heterocycles. The summed E-state index contributed by atoms with van der Waals surface area (Å²) in [7, 11) is 0. The van der Waals surface area contributed by atoms with Gasteiger partial charge in [0.15, 0.2) is 0 Å². The van der Waals surface area contributed by atoms with Gasteiger partial charge in [0, 0.05) is 17.6 Å². The van der Waals surface area contributed by atoms with Crippen molar-refractivity contribution < 1.29 is 4.79 Å². The van der Waals surface area contributed by atoms with E-state index in [2.05, 4.69) is 9.97 Å². The maximum atomic E-state index is 12.9. The first kappa shape index (κ1) is 16.4. The number of carbonyl (C=O) groups is 1. The quantitative estimate of drug-likeness (QED) is 0.707. The van der Waals surface area contributed by atoms with Crippen LogP contribution < -0.4 is 5.56 Å². The van der Waals surface area contributed by atoms with Crippen LogP contribution in [0.5, 0.6) is 0 Å². The van der Waals surface area contributed by atoms with E-state index in [1.54, 1.807) is 17.4 Å². The van der Waals surface area contributed by atoms with Gasteiger partial charge in [-0.25, -0.2) is 9.97 Å². The van der Waals surface area contributed by atoms with Crippen molar-refractivity contribution in [1.29, 1.82) is 0 Å². The first-order chi connectivity index (χ1) is 12.1. The predicted octanol–water partition coefficient (Wildman–Crippen LogP) is 2.98. The van der Waals surface area contributed by atoms with E-state index in [4.69, 9.17) is 0 Å². The van der Waals surface area contributed by atoms with E-state index < -0.39 is 0 Å². The Morgan fingerprint density at radius 3 is 3.04 bits per heavy atom. The number of aromatic nitrogens is 3. The van der Waals surface area contributed by atoms with E-state index in [0.29, 0.717) is 16.8 Å². The van der Waals surface area contributed by atoms with E-state index in [9.17, 15) is 9.59 Å². The summed E-state index contributed by atoms with van der Waals surface area (Å²) in [6.07, 6.45) is 4.49. The molecule has 4 rings (SSSR count). The number of hydrogen-bond donors (Lipinski definition) is 0. The van der Waals surface area contributed by atoms with Gasteiger partial charge in [0.05, 0.1) is 17.8 Å². The molecule has 6 nitrogen and oxygen atoms in total. The molecule has 1 fully saturated rings. The van der Waals surface area contributed by atoms with Crippen LogP contribution >= 0.6 is 22.7 Å². The number of aryl methyl sites for hydroxylation is 1. The molecule has 0 aliphatic carbocycles. The lowest BCUT2D eigenvalue weighted by Gasteiger charge is -2.34. The van der Waals surface area contributed by atoms with Crippen molar-refractivity contribution in [3.63, 3.8) is 0 Å². The molecule has 25 heavy (non-hydrogen) atoms. The molecule has 1 unspecified atom stereocenters. The SMILES string of the molecule is Cc1csc(C2CCCCN2C(=O)Cn2cnc3sccc3c2=O)n1. The summed E-state index contributed by atoms with van der Waals surface area (Å²) in [5.41, 5.74) is 0.833. The Bertz CT molecular complexity index is 974. The highest BCUT2D eigenvalue weighted by Crippen LogP contribution is 2.32. The first-order valence-electron chi connectivity index (χ1n) is 8.27. The summed E-state index contributed by atoms with van der Waals surface area (Å²) in [4.78, 5) is 36.9. The number of thiophene rings is 1. The molecule has 0 saturated carbocycles. The minimum Gasteiger partial charge on any atom is -0.332 e. The molecule has 1 saturated heterocycles. The lowest BCUT2D eigenvalue weighted by molar-refractivity contribution is -0.135. The number of amides is 1. The second-order valence-corrected chi connectivity index (χ2v) is 8.03. The fraction of sp³-hybridized carbons (Fsp3) is 0.412. The van der Waals surface area contributed by atoms with Crippen LogP contribution in [0.4, 0.5) is 0 Å². The monoisotopic (exact) mass is 374 g/mol. The molecular weight excluding hydrogens is 356 g/mol. The van der Waals surface area contributed by atoms with Crippen LogP contribution in [0.15, 0.2) is 27.9 Å². The summed E-state index contributed by atoms with van der Waals surface area (Å²) in [5.74, 6) is -0.0453. The number of hydrogen-bond acceptors (Lipinski definition) is 6. The molecular formula is C17H18N4O2S2. The van der Waals surface area contributed by atoms with Gasteiger partial charge in [-0.3, -0.25) is 14.2 Å². The summed E-state index contributed by atoms with van der Waals surface area (Å²) in [5, 5.41) is 5.43. The number of nitrogens with zero attached hydrogens (tertiary/aromatic N) is 4. The van der Waals surface area contributed by atoms with E-state index in [-0.39, 0.29) is 24.1 Å². The molecule has 8 heteroatoms. The average Bonchev–Trinajstić information content (AvgIpc) is 3.26. The highest BCUT2D eigenvalue weighted by atomic mass is 32.1. The summed E-state index contributed by atoms with van der Waals surface area (Å²) in [6.45, 7) is 2.71. The Morgan fingerprint density at radius 2 is 2.24 bits per heavy atom. The second-order valence-electron chi connectivity index (χ2n) is 6.24. The highest BCUT2D eigenvalue weighted by molar-refractivity contribution is 7.16. The van der Waals surface area contributed by atoms with E-state index in [1.165, 1.54) is 22.2 Å². The molecule has 3 aromatic heterocycles. The van der Waals surface area contributed by atoms with Crippen LogP contribution in [-0.2, 0) is 11.3 Å². The van der Waals surface area contributed by atoms with E-state index in [1.807, 2.05) is 22.6 Å². The van der Waals surface area contributed by atoms with Crippen molar-refractivity contribution in [2.24, 2.45) is 0 Å². The van der Waals surface area contributed by atoms with Gasteiger partial charge in [0.2, 0.25) is 5.91 Å². The number of piperidine rings is 1. The Labute approximate surface area is 152 Å². The zero-order valence-electron chi connectivity index (χ0n) is 13.8. The summed E-state index contributed by atoms with van der Waals surface area (Å²) in [6, 6.07) is 1.78. The van der Waals surface area contributed by atoms with Gasteiger partial charge in [0.25, 0.3) is 5.56 Å². The molecule has 130 valence electrons. The summed E-state index contributed by atoms with van der Waals surface area (Å²) >= 11 is 3.04. The van der Waals surface area contributed by atoms with Gasteiger partial charge in [-0.1, -0.05) is 0 Å². The van der Waals surface area contributed by atoms with Gasteiger partial charge in [0.1, 0.15) is 16.4 Å². The predicted molar refractivity (Wildman–Crippen MR) is 99.0 cm³/mol. The number of fused-ring (bicyclic) bond motifs is 1. The van der Waals surface area contributed by atoms with Crippen LogP contribution in [0.3, 0.4) is 0 Å². The molecule has 1 amide bonds. The second kappa shape index (κ2) is 6.68. The lowest BCUT2D eigenvalue weighted by atomic mass is 10.0. The smallest absolute Gasteiger partial charge is 0.262 e. The van der Waals surface area contributed by atoms with Crippen molar-refractivity contribution in [3.05, 3.63) is 44.2 Å². The topological polar surface area (TPSA) is 68.1 Å². The fourth-order valence-electron chi connectivity index (χ4n) is 3.25. The summed E-state index contributed by atoms with van der Waals surface area (Å²) < 4.78 is 1.41. The first-order valence-corrected chi connectivity index (χ1v) is 10.0. The standard InChI is InChI=1S/C17H18N4O2S2/c1-11-9-25-16(19-11)13-4-2-3-6-21(13)14(22)8-20-10-18-15-12(17(20)23)5-7-24-15/h5,7,9-10,13H,2-4,6,8H2,1H3. The van der Waals surface area contributed by atoms with Crippen LogP contribution in [0, 0.1) is 6.92 Å². The zero-order valence-corrected chi connectivity index (χ0v) is 15.5. The highest BCUT2D eigenvalue weighted by Gasteiger charge is 2.30. The molecule has 1 atom stereocenters. The number of carbonyl (C=O) groups excluding carboxylic acids is 1. The van der Waals surface area contributed by atoms with Gasteiger partial charge in [-0.2, -0.15) is 0 Å². The van der Waals surface area contributed by atoms with Gasteiger partial charge < -0.3 is 4.90 Å². The third-order valence-electron chi connectivity index (χ3n) is 4.50. The number of likely N-dealkylation sites (tertiary alicyclic amines) is 1. The molecule has 1 aliphatic rings. The Morgan fingerprint density at radius 1 is 1.36 bits per heavy atom. The zero-order chi connectivity index (χ0) is 17.4. The van der Waals surface area contributed by atoms with Crippen molar-refractivity contribution >= 4 is 38.8 Å².